The average molecular weight is 465 g/mol. The fraction of sp³-hybridized carbons (Fsp3) is 0.167. The van der Waals surface area contributed by atoms with E-state index in [1.165, 1.54) is 12.8 Å². The first kappa shape index (κ1) is 16.5. The zero-order valence-corrected chi connectivity index (χ0v) is 16.0. The van der Waals surface area contributed by atoms with Crippen molar-refractivity contribution in [1.82, 2.24) is 15.2 Å². The molecule has 3 aromatic rings. The third-order valence-corrected chi connectivity index (χ3v) is 5.15. The summed E-state index contributed by atoms with van der Waals surface area (Å²) in [5, 5.41) is 10.8. The molecule has 7 heteroatoms. The van der Waals surface area contributed by atoms with Crippen LogP contribution < -0.4 is 5.32 Å². The predicted molar refractivity (Wildman–Crippen MR) is 106 cm³/mol. The van der Waals surface area contributed by atoms with Crippen molar-refractivity contribution >= 4 is 45.8 Å². The smallest absolute Gasteiger partial charge is 0.256 e. The van der Waals surface area contributed by atoms with E-state index >= 15 is 0 Å². The standard InChI is InChI=1S/C18H14ClIN4O/c19-12-6-7-14(15(20)9-12)18(25)21-13-3-1-2-11(8-13)17-22-16(23-24-17)10-4-5-10/h1-3,6-10H,4-5H2,(H,21,25)(H,22,23,24). The molecule has 5 nitrogen and oxygen atoms in total. The second-order valence-electron chi connectivity index (χ2n) is 5.98. The molecule has 1 fully saturated rings. The summed E-state index contributed by atoms with van der Waals surface area (Å²) in [6.45, 7) is 0. The zero-order chi connectivity index (χ0) is 17.4. The lowest BCUT2D eigenvalue weighted by atomic mass is 10.1. The quantitative estimate of drug-likeness (QED) is 0.542. The number of halogens is 2. The van der Waals surface area contributed by atoms with Crippen molar-refractivity contribution in [2.45, 2.75) is 18.8 Å². The van der Waals surface area contributed by atoms with Crippen LogP contribution in [0.25, 0.3) is 11.4 Å². The van der Waals surface area contributed by atoms with Gasteiger partial charge in [0, 0.05) is 25.8 Å². The summed E-state index contributed by atoms with van der Waals surface area (Å²) in [7, 11) is 0. The van der Waals surface area contributed by atoms with Gasteiger partial charge in [-0.15, -0.1) is 0 Å². The summed E-state index contributed by atoms with van der Waals surface area (Å²) < 4.78 is 0.807. The molecule has 0 atom stereocenters. The highest BCUT2D eigenvalue weighted by Gasteiger charge is 2.27. The average Bonchev–Trinajstić information content (AvgIpc) is 3.32. The molecule has 25 heavy (non-hydrogen) atoms. The first-order chi connectivity index (χ1) is 12.1. The van der Waals surface area contributed by atoms with Gasteiger partial charge in [0.05, 0.1) is 5.56 Å². The van der Waals surface area contributed by atoms with E-state index in [2.05, 4.69) is 43.1 Å². The number of aromatic amines is 1. The van der Waals surface area contributed by atoms with Gasteiger partial charge in [-0.2, -0.15) is 5.10 Å². The summed E-state index contributed by atoms with van der Waals surface area (Å²) in [5.74, 6) is 1.95. The van der Waals surface area contributed by atoms with E-state index in [0.29, 0.717) is 28.0 Å². The van der Waals surface area contributed by atoms with Crippen LogP contribution in [0.1, 0.15) is 34.9 Å². The number of benzene rings is 2. The zero-order valence-electron chi connectivity index (χ0n) is 13.1. The molecule has 0 bridgehead atoms. The molecule has 1 aliphatic carbocycles. The summed E-state index contributed by atoms with van der Waals surface area (Å²) in [5.41, 5.74) is 2.15. The largest absolute Gasteiger partial charge is 0.322 e. The second kappa shape index (κ2) is 6.76. The molecule has 2 N–H and O–H groups in total. The number of amides is 1. The Hall–Kier alpha value is -1.93. The summed E-state index contributed by atoms with van der Waals surface area (Å²) in [6, 6.07) is 12.7. The molecule has 0 unspecified atom stereocenters. The number of rotatable bonds is 4. The van der Waals surface area contributed by atoms with Crippen LogP contribution in [0.3, 0.4) is 0 Å². The number of nitrogens with one attached hydrogen (secondary N) is 2. The molecule has 1 heterocycles. The Morgan fingerprint density at radius 2 is 2.08 bits per heavy atom. The second-order valence-corrected chi connectivity index (χ2v) is 7.58. The Bertz CT molecular complexity index is 952. The topological polar surface area (TPSA) is 70.7 Å². The van der Waals surface area contributed by atoms with E-state index in [0.717, 1.165) is 15.0 Å². The molecular weight excluding hydrogens is 451 g/mol. The SMILES string of the molecule is O=C(Nc1cccc(-c2n[nH]c(C3CC3)n2)c1)c1ccc(Cl)cc1I. The fourth-order valence-corrected chi connectivity index (χ4v) is 3.67. The van der Waals surface area contributed by atoms with E-state index in [1.54, 1.807) is 18.2 Å². The van der Waals surface area contributed by atoms with Crippen molar-refractivity contribution < 1.29 is 4.79 Å². The van der Waals surface area contributed by atoms with E-state index < -0.39 is 0 Å². The lowest BCUT2D eigenvalue weighted by molar-refractivity contribution is 0.102. The van der Waals surface area contributed by atoms with Gasteiger partial charge in [-0.05, 0) is 65.8 Å². The lowest BCUT2D eigenvalue weighted by Gasteiger charge is -2.08. The number of carbonyl (C=O) groups excluding carboxylic acids is 1. The first-order valence-electron chi connectivity index (χ1n) is 7.89. The van der Waals surface area contributed by atoms with Crippen molar-refractivity contribution in [3.63, 3.8) is 0 Å². The molecule has 0 radical (unpaired) electrons. The molecular formula is C18H14ClIN4O. The molecule has 0 aliphatic heterocycles. The molecule has 0 saturated heterocycles. The molecule has 2 aromatic carbocycles. The lowest BCUT2D eigenvalue weighted by Crippen LogP contribution is -2.13. The van der Waals surface area contributed by atoms with E-state index in [4.69, 9.17) is 11.6 Å². The highest BCUT2D eigenvalue weighted by Crippen LogP contribution is 2.38. The van der Waals surface area contributed by atoms with Gasteiger partial charge in [0.15, 0.2) is 5.82 Å². The summed E-state index contributed by atoms with van der Waals surface area (Å²) in [6.07, 6.45) is 2.34. The van der Waals surface area contributed by atoms with Gasteiger partial charge >= 0.3 is 0 Å². The Morgan fingerprint density at radius 3 is 2.84 bits per heavy atom. The van der Waals surface area contributed by atoms with Crippen LogP contribution in [-0.4, -0.2) is 21.1 Å². The van der Waals surface area contributed by atoms with Crippen LogP contribution in [0.5, 0.6) is 0 Å². The van der Waals surface area contributed by atoms with Crippen LogP contribution in [-0.2, 0) is 0 Å². The monoisotopic (exact) mass is 464 g/mol. The minimum Gasteiger partial charge on any atom is -0.322 e. The summed E-state index contributed by atoms with van der Waals surface area (Å²) >= 11 is 8.05. The van der Waals surface area contributed by atoms with Crippen molar-refractivity contribution in [2.75, 3.05) is 5.32 Å². The molecule has 1 saturated carbocycles. The van der Waals surface area contributed by atoms with Crippen LogP contribution >= 0.6 is 34.2 Å². The number of nitrogens with zero attached hydrogens (tertiary/aromatic N) is 2. The van der Waals surface area contributed by atoms with Crippen LogP contribution in [0.15, 0.2) is 42.5 Å². The minimum atomic E-state index is -0.174. The maximum absolute atomic E-state index is 12.5. The number of hydrogen-bond donors (Lipinski definition) is 2. The number of H-pyrrole nitrogens is 1. The number of anilines is 1. The molecule has 4 rings (SSSR count). The van der Waals surface area contributed by atoms with Gasteiger partial charge in [0.2, 0.25) is 0 Å². The third-order valence-electron chi connectivity index (χ3n) is 4.02. The Balaban J connectivity index is 1.55. The highest BCUT2D eigenvalue weighted by molar-refractivity contribution is 14.1. The normalized spacial score (nSPS) is 13.7. The summed E-state index contributed by atoms with van der Waals surface area (Å²) in [4.78, 5) is 17.0. The van der Waals surface area contributed by atoms with Crippen molar-refractivity contribution in [3.8, 4) is 11.4 Å². The fourth-order valence-electron chi connectivity index (χ4n) is 2.55. The predicted octanol–water partition coefficient (Wildman–Crippen LogP) is 4.86. The van der Waals surface area contributed by atoms with Crippen molar-refractivity contribution in [3.05, 3.63) is 62.4 Å². The van der Waals surface area contributed by atoms with Crippen LogP contribution in [0.2, 0.25) is 5.02 Å². The minimum absolute atomic E-state index is 0.174. The maximum Gasteiger partial charge on any atom is 0.256 e. The van der Waals surface area contributed by atoms with Crippen molar-refractivity contribution in [1.29, 1.82) is 0 Å². The molecule has 0 spiro atoms. The molecule has 1 aliphatic rings. The first-order valence-corrected chi connectivity index (χ1v) is 9.35. The van der Waals surface area contributed by atoms with Gasteiger partial charge < -0.3 is 5.32 Å². The highest BCUT2D eigenvalue weighted by atomic mass is 127. The van der Waals surface area contributed by atoms with Gasteiger partial charge in [0.1, 0.15) is 5.82 Å². The van der Waals surface area contributed by atoms with Crippen molar-refractivity contribution in [2.24, 2.45) is 0 Å². The molecule has 1 aromatic heterocycles. The maximum atomic E-state index is 12.5. The Labute approximate surface area is 163 Å². The Morgan fingerprint density at radius 1 is 1.24 bits per heavy atom. The Kier molecular flexibility index (Phi) is 4.47. The van der Waals surface area contributed by atoms with Crippen LogP contribution in [0.4, 0.5) is 5.69 Å². The van der Waals surface area contributed by atoms with Gasteiger partial charge in [0.25, 0.3) is 5.91 Å². The molecule has 1 amide bonds. The molecule has 126 valence electrons. The third kappa shape index (κ3) is 3.69. The van der Waals surface area contributed by atoms with Gasteiger partial charge in [-0.25, -0.2) is 4.98 Å². The van der Waals surface area contributed by atoms with E-state index in [9.17, 15) is 4.79 Å². The van der Waals surface area contributed by atoms with Crippen LogP contribution in [0, 0.1) is 3.57 Å². The van der Waals surface area contributed by atoms with E-state index in [1.807, 2.05) is 24.3 Å². The van der Waals surface area contributed by atoms with Gasteiger partial charge in [-0.3, -0.25) is 9.89 Å². The van der Waals surface area contributed by atoms with E-state index in [-0.39, 0.29) is 5.91 Å². The van der Waals surface area contributed by atoms with Gasteiger partial charge in [-0.1, -0.05) is 23.7 Å². The number of hydrogen-bond acceptors (Lipinski definition) is 3. The number of carbonyl (C=O) groups is 1. The number of aromatic nitrogens is 3.